The lowest BCUT2D eigenvalue weighted by atomic mass is 10.1. The third kappa shape index (κ3) is 2.57. The minimum atomic E-state index is -0.398. The van der Waals surface area contributed by atoms with Gasteiger partial charge in [-0.15, -0.1) is 0 Å². The van der Waals surface area contributed by atoms with Crippen molar-refractivity contribution in [2.24, 2.45) is 0 Å². The van der Waals surface area contributed by atoms with Crippen LogP contribution in [0, 0.1) is 11.3 Å². The van der Waals surface area contributed by atoms with Crippen molar-refractivity contribution in [3.05, 3.63) is 33.8 Å². The van der Waals surface area contributed by atoms with Crippen LogP contribution in [0.2, 0.25) is 0 Å². The van der Waals surface area contributed by atoms with Crippen molar-refractivity contribution in [2.75, 3.05) is 7.11 Å². The van der Waals surface area contributed by atoms with Crippen molar-refractivity contribution in [3.8, 4) is 6.07 Å². The molecule has 0 radical (unpaired) electrons. The van der Waals surface area contributed by atoms with Gasteiger partial charge in [0.15, 0.2) is 0 Å². The second-order valence-corrected chi connectivity index (χ2v) is 3.59. The molecule has 1 rings (SSSR count). The number of benzene rings is 1. The molecule has 0 N–H and O–H groups in total. The number of methoxy groups -OCH3 is 1. The summed E-state index contributed by atoms with van der Waals surface area (Å²) in [4.78, 5) is 11.2. The molecule has 0 atom stereocenters. The highest BCUT2D eigenvalue weighted by molar-refractivity contribution is 9.10. The highest BCUT2D eigenvalue weighted by atomic mass is 79.9. The molecule has 0 unspecified atom stereocenters. The first-order chi connectivity index (χ1) is 6.67. The fourth-order valence-electron chi connectivity index (χ4n) is 1.08. The lowest BCUT2D eigenvalue weighted by Gasteiger charge is -2.02. The van der Waals surface area contributed by atoms with Gasteiger partial charge in [0.2, 0.25) is 0 Å². The van der Waals surface area contributed by atoms with Gasteiger partial charge < -0.3 is 4.74 Å². The smallest absolute Gasteiger partial charge is 0.337 e. The average molecular weight is 254 g/mol. The number of esters is 1. The van der Waals surface area contributed by atoms with Crippen LogP contribution in [-0.2, 0) is 11.2 Å². The predicted molar refractivity (Wildman–Crippen MR) is 54.8 cm³/mol. The van der Waals surface area contributed by atoms with Crippen molar-refractivity contribution in [1.82, 2.24) is 0 Å². The summed E-state index contributed by atoms with van der Waals surface area (Å²) in [6.45, 7) is 0. The molecular formula is C10H8BrNO2. The summed E-state index contributed by atoms with van der Waals surface area (Å²) in [6.07, 6.45) is 0.281. The van der Waals surface area contributed by atoms with Gasteiger partial charge in [0.05, 0.1) is 25.2 Å². The fraction of sp³-hybridized carbons (Fsp3) is 0.200. The molecule has 0 saturated carbocycles. The molecule has 0 spiro atoms. The number of ether oxygens (including phenoxy) is 1. The molecule has 1 aromatic rings. The quantitative estimate of drug-likeness (QED) is 0.761. The van der Waals surface area contributed by atoms with E-state index in [9.17, 15) is 4.79 Å². The first-order valence-electron chi connectivity index (χ1n) is 3.92. The van der Waals surface area contributed by atoms with Gasteiger partial charge in [-0.25, -0.2) is 4.79 Å². The summed E-state index contributed by atoms with van der Waals surface area (Å²) in [5.41, 5.74) is 1.24. The Kier molecular flexibility index (Phi) is 3.66. The number of nitrogens with zero attached hydrogens (tertiary/aromatic N) is 1. The second-order valence-electron chi connectivity index (χ2n) is 2.67. The SMILES string of the molecule is COC(=O)c1cc(Br)cc(CC#N)c1. The topological polar surface area (TPSA) is 50.1 Å². The van der Waals surface area contributed by atoms with Gasteiger partial charge in [0, 0.05) is 4.47 Å². The number of nitriles is 1. The Balaban J connectivity index is 3.08. The molecule has 4 heteroatoms. The molecule has 0 amide bonds. The molecule has 0 fully saturated rings. The molecule has 0 aliphatic heterocycles. The van der Waals surface area contributed by atoms with Crippen LogP contribution in [0.25, 0.3) is 0 Å². The Morgan fingerprint density at radius 1 is 1.57 bits per heavy atom. The summed E-state index contributed by atoms with van der Waals surface area (Å²) in [7, 11) is 1.33. The maximum Gasteiger partial charge on any atom is 0.337 e. The van der Waals surface area contributed by atoms with E-state index in [1.807, 2.05) is 6.07 Å². The molecule has 0 aromatic heterocycles. The zero-order valence-electron chi connectivity index (χ0n) is 7.58. The number of carbonyl (C=O) groups is 1. The van der Waals surface area contributed by atoms with Crippen molar-refractivity contribution in [2.45, 2.75) is 6.42 Å². The minimum Gasteiger partial charge on any atom is -0.465 e. The highest BCUT2D eigenvalue weighted by Crippen LogP contribution is 2.16. The van der Waals surface area contributed by atoms with Crippen molar-refractivity contribution in [1.29, 1.82) is 5.26 Å². The van der Waals surface area contributed by atoms with Gasteiger partial charge in [-0.2, -0.15) is 5.26 Å². The van der Waals surface area contributed by atoms with E-state index in [0.29, 0.717) is 5.56 Å². The molecule has 14 heavy (non-hydrogen) atoms. The lowest BCUT2D eigenvalue weighted by Crippen LogP contribution is -2.01. The fourth-order valence-corrected chi connectivity index (χ4v) is 1.62. The molecule has 0 heterocycles. The Morgan fingerprint density at radius 3 is 2.86 bits per heavy atom. The van der Waals surface area contributed by atoms with E-state index in [-0.39, 0.29) is 6.42 Å². The van der Waals surface area contributed by atoms with Crippen LogP contribution < -0.4 is 0 Å². The monoisotopic (exact) mass is 253 g/mol. The summed E-state index contributed by atoms with van der Waals surface area (Å²) < 4.78 is 5.35. The number of hydrogen-bond donors (Lipinski definition) is 0. The van der Waals surface area contributed by atoms with Gasteiger partial charge in [-0.05, 0) is 23.8 Å². The summed E-state index contributed by atoms with van der Waals surface area (Å²) in [5, 5.41) is 8.52. The van der Waals surface area contributed by atoms with Crippen molar-refractivity contribution < 1.29 is 9.53 Å². The third-order valence-corrected chi connectivity index (χ3v) is 2.12. The van der Waals surface area contributed by atoms with Gasteiger partial charge in [-0.3, -0.25) is 0 Å². The predicted octanol–water partition coefficient (Wildman–Crippen LogP) is 2.30. The number of halogens is 1. The van der Waals surface area contributed by atoms with E-state index in [4.69, 9.17) is 5.26 Å². The first-order valence-corrected chi connectivity index (χ1v) is 4.71. The summed E-state index contributed by atoms with van der Waals surface area (Å²) in [6, 6.07) is 7.14. The zero-order valence-corrected chi connectivity index (χ0v) is 9.17. The molecule has 0 bridgehead atoms. The van der Waals surface area contributed by atoms with E-state index < -0.39 is 5.97 Å². The van der Waals surface area contributed by atoms with E-state index in [1.165, 1.54) is 7.11 Å². The van der Waals surface area contributed by atoms with E-state index in [0.717, 1.165) is 10.0 Å². The number of hydrogen-bond acceptors (Lipinski definition) is 3. The van der Waals surface area contributed by atoms with Crippen molar-refractivity contribution >= 4 is 21.9 Å². The zero-order chi connectivity index (χ0) is 10.6. The van der Waals surface area contributed by atoms with Crippen LogP contribution in [0.5, 0.6) is 0 Å². The molecule has 1 aromatic carbocycles. The van der Waals surface area contributed by atoms with Crippen molar-refractivity contribution in [3.63, 3.8) is 0 Å². The second kappa shape index (κ2) is 4.77. The minimum absolute atomic E-state index is 0.281. The maximum atomic E-state index is 11.2. The van der Waals surface area contributed by atoms with Gasteiger partial charge in [0.1, 0.15) is 0 Å². The van der Waals surface area contributed by atoms with Crippen LogP contribution in [0.1, 0.15) is 15.9 Å². The molecular weight excluding hydrogens is 246 g/mol. The average Bonchev–Trinajstić information content (AvgIpc) is 2.16. The van der Waals surface area contributed by atoms with E-state index in [1.54, 1.807) is 18.2 Å². The number of carbonyl (C=O) groups excluding carboxylic acids is 1. The first kappa shape index (κ1) is 10.7. The highest BCUT2D eigenvalue weighted by Gasteiger charge is 2.07. The van der Waals surface area contributed by atoms with Gasteiger partial charge in [0.25, 0.3) is 0 Å². The normalized spacial score (nSPS) is 9.21. The van der Waals surface area contributed by atoms with Gasteiger partial charge in [-0.1, -0.05) is 15.9 Å². The van der Waals surface area contributed by atoms with Crippen LogP contribution in [0.3, 0.4) is 0 Å². The lowest BCUT2D eigenvalue weighted by molar-refractivity contribution is 0.0600. The van der Waals surface area contributed by atoms with Gasteiger partial charge >= 0.3 is 5.97 Å². The molecule has 0 aliphatic rings. The molecule has 0 saturated heterocycles. The largest absolute Gasteiger partial charge is 0.465 e. The summed E-state index contributed by atoms with van der Waals surface area (Å²) >= 11 is 3.26. The number of rotatable bonds is 2. The van der Waals surface area contributed by atoms with E-state index in [2.05, 4.69) is 20.7 Å². The van der Waals surface area contributed by atoms with Crippen LogP contribution in [0.4, 0.5) is 0 Å². The molecule has 72 valence electrons. The Labute approximate surface area is 90.4 Å². The Morgan fingerprint density at radius 2 is 2.29 bits per heavy atom. The maximum absolute atomic E-state index is 11.2. The van der Waals surface area contributed by atoms with Crippen LogP contribution in [0.15, 0.2) is 22.7 Å². The standard InChI is InChI=1S/C10H8BrNO2/c1-14-10(13)8-4-7(2-3-12)5-9(11)6-8/h4-6H,2H2,1H3. The Hall–Kier alpha value is -1.34. The van der Waals surface area contributed by atoms with Crippen LogP contribution in [-0.4, -0.2) is 13.1 Å². The molecule has 0 aliphatic carbocycles. The summed E-state index contributed by atoms with van der Waals surface area (Å²) in [5.74, 6) is -0.398. The Bertz CT molecular complexity index is 396. The molecule has 3 nitrogen and oxygen atoms in total. The van der Waals surface area contributed by atoms with E-state index >= 15 is 0 Å². The van der Waals surface area contributed by atoms with Crippen LogP contribution >= 0.6 is 15.9 Å². The third-order valence-electron chi connectivity index (χ3n) is 1.66.